The van der Waals surface area contributed by atoms with Gasteiger partial charge in [-0.25, -0.2) is 9.18 Å². The van der Waals surface area contributed by atoms with Gasteiger partial charge in [-0.15, -0.1) is 0 Å². The molecule has 0 bridgehead atoms. The molecule has 2 aromatic carbocycles. The summed E-state index contributed by atoms with van der Waals surface area (Å²) >= 11 is 0. The fourth-order valence-corrected chi connectivity index (χ4v) is 2.34. The molecule has 0 fully saturated rings. The lowest BCUT2D eigenvalue weighted by atomic mass is 10.2. The molecule has 1 unspecified atom stereocenters. The van der Waals surface area contributed by atoms with Crippen LogP contribution in [0.25, 0.3) is 0 Å². The van der Waals surface area contributed by atoms with Gasteiger partial charge in [0.25, 0.3) is 11.8 Å². The highest BCUT2D eigenvalue weighted by atomic mass is 19.1. The topological polar surface area (TPSA) is 91.7 Å². The number of para-hydroxylation sites is 1. The van der Waals surface area contributed by atoms with Crippen molar-refractivity contribution in [3.05, 3.63) is 59.9 Å². The van der Waals surface area contributed by atoms with Crippen molar-refractivity contribution in [1.82, 2.24) is 5.32 Å². The molecule has 2 aromatic rings. The van der Waals surface area contributed by atoms with Crippen molar-refractivity contribution in [2.24, 2.45) is 0 Å². The zero-order valence-electron chi connectivity index (χ0n) is 15.1. The lowest BCUT2D eigenvalue weighted by Crippen LogP contribution is -3.11. The quantitative estimate of drug-likeness (QED) is 0.607. The molecule has 1 atom stereocenters. The number of aryl methyl sites for hydroxylation is 1. The molecule has 2 rings (SSSR count). The van der Waals surface area contributed by atoms with E-state index in [1.807, 2.05) is 19.1 Å². The van der Waals surface area contributed by atoms with E-state index in [2.05, 4.69) is 16.0 Å². The fraction of sp³-hybridized carbons (Fsp3) is 0.211. The van der Waals surface area contributed by atoms with Gasteiger partial charge in [-0.05, 0) is 31.2 Å². The maximum absolute atomic E-state index is 13.5. The standard InChI is InChI=1S/C19H21FN4O3/c1-13-7-9-14(10-8-13)21-17(25)11-24(2)12-18(26)23-19(27)22-16-6-4-3-5-15(16)20/h3-10H,11-12H2,1-2H3,(H,21,25)(H2,22,23,26,27)/p+1. The number of amides is 4. The van der Waals surface area contributed by atoms with Crippen LogP contribution >= 0.6 is 0 Å². The predicted octanol–water partition coefficient (Wildman–Crippen LogP) is 0.936. The van der Waals surface area contributed by atoms with Crippen molar-refractivity contribution >= 4 is 29.2 Å². The molecule has 142 valence electrons. The molecule has 0 aliphatic carbocycles. The molecule has 0 heterocycles. The van der Waals surface area contributed by atoms with E-state index in [1.165, 1.54) is 18.2 Å². The molecule has 8 heteroatoms. The summed E-state index contributed by atoms with van der Waals surface area (Å²) in [5.41, 5.74) is 1.73. The van der Waals surface area contributed by atoms with Crippen LogP contribution in [0.1, 0.15) is 5.56 Å². The largest absolute Gasteiger partial charge is 0.326 e. The van der Waals surface area contributed by atoms with Crippen LogP contribution in [0.15, 0.2) is 48.5 Å². The van der Waals surface area contributed by atoms with Crippen LogP contribution in [0.3, 0.4) is 0 Å². The maximum Gasteiger partial charge on any atom is 0.326 e. The maximum atomic E-state index is 13.5. The first-order valence-corrected chi connectivity index (χ1v) is 8.36. The van der Waals surface area contributed by atoms with E-state index in [1.54, 1.807) is 25.2 Å². The Hall–Kier alpha value is -3.26. The van der Waals surface area contributed by atoms with Gasteiger partial charge in [-0.2, -0.15) is 0 Å². The summed E-state index contributed by atoms with van der Waals surface area (Å²) in [4.78, 5) is 36.2. The second-order valence-corrected chi connectivity index (χ2v) is 6.21. The van der Waals surface area contributed by atoms with E-state index in [0.29, 0.717) is 10.6 Å². The number of nitrogens with one attached hydrogen (secondary N) is 4. The molecule has 0 aromatic heterocycles. The van der Waals surface area contributed by atoms with E-state index in [0.717, 1.165) is 5.56 Å². The van der Waals surface area contributed by atoms with Gasteiger partial charge in [-0.1, -0.05) is 29.8 Å². The lowest BCUT2D eigenvalue weighted by Gasteiger charge is -2.14. The van der Waals surface area contributed by atoms with E-state index in [4.69, 9.17) is 0 Å². The number of urea groups is 1. The van der Waals surface area contributed by atoms with Crippen LogP contribution in [0.4, 0.5) is 20.6 Å². The minimum atomic E-state index is -0.831. The van der Waals surface area contributed by atoms with Gasteiger partial charge in [0.2, 0.25) is 0 Å². The van der Waals surface area contributed by atoms with Gasteiger partial charge in [0.1, 0.15) is 5.82 Å². The third-order valence-electron chi connectivity index (χ3n) is 3.63. The first-order chi connectivity index (χ1) is 12.8. The predicted molar refractivity (Wildman–Crippen MR) is 100.0 cm³/mol. The Morgan fingerprint density at radius 3 is 2.22 bits per heavy atom. The van der Waals surface area contributed by atoms with Crippen molar-refractivity contribution in [3.63, 3.8) is 0 Å². The number of anilines is 2. The van der Waals surface area contributed by atoms with Crippen molar-refractivity contribution in [1.29, 1.82) is 0 Å². The minimum Gasteiger partial charge on any atom is -0.322 e. The number of imide groups is 1. The molecule has 4 amide bonds. The van der Waals surface area contributed by atoms with Gasteiger partial charge in [0.05, 0.1) is 12.7 Å². The Kier molecular flexibility index (Phi) is 7.01. The van der Waals surface area contributed by atoms with Gasteiger partial charge < -0.3 is 15.5 Å². The van der Waals surface area contributed by atoms with Gasteiger partial charge >= 0.3 is 6.03 Å². The zero-order chi connectivity index (χ0) is 19.8. The Bertz CT molecular complexity index is 824. The number of hydrogen-bond donors (Lipinski definition) is 4. The lowest BCUT2D eigenvalue weighted by molar-refractivity contribution is -0.862. The van der Waals surface area contributed by atoms with E-state index in [9.17, 15) is 18.8 Å². The second-order valence-electron chi connectivity index (χ2n) is 6.21. The van der Waals surface area contributed by atoms with Crippen molar-refractivity contribution in [3.8, 4) is 0 Å². The second kappa shape index (κ2) is 9.44. The van der Waals surface area contributed by atoms with Crippen LogP contribution in [0.2, 0.25) is 0 Å². The van der Waals surface area contributed by atoms with Crippen molar-refractivity contribution < 1.29 is 23.7 Å². The van der Waals surface area contributed by atoms with Crippen LogP contribution in [0.5, 0.6) is 0 Å². The first kappa shape index (κ1) is 20.1. The number of carbonyl (C=O) groups is 3. The normalized spacial score (nSPS) is 11.4. The number of carbonyl (C=O) groups excluding carboxylic acids is 3. The zero-order valence-corrected chi connectivity index (χ0v) is 15.1. The third-order valence-corrected chi connectivity index (χ3v) is 3.63. The summed E-state index contributed by atoms with van der Waals surface area (Å²) in [5.74, 6) is -1.43. The van der Waals surface area contributed by atoms with Crippen molar-refractivity contribution in [2.45, 2.75) is 6.92 Å². The summed E-state index contributed by atoms with van der Waals surface area (Å²) < 4.78 is 13.5. The summed E-state index contributed by atoms with van der Waals surface area (Å²) in [6.45, 7) is 1.91. The summed E-state index contributed by atoms with van der Waals surface area (Å²) in [5, 5.41) is 7.11. The summed E-state index contributed by atoms with van der Waals surface area (Å²) in [7, 11) is 1.66. The molecular weight excluding hydrogens is 351 g/mol. The Morgan fingerprint density at radius 2 is 1.56 bits per heavy atom. The van der Waals surface area contributed by atoms with Crippen LogP contribution < -0.4 is 20.9 Å². The van der Waals surface area contributed by atoms with Crippen LogP contribution in [-0.4, -0.2) is 38.0 Å². The van der Waals surface area contributed by atoms with Crippen LogP contribution in [-0.2, 0) is 9.59 Å². The molecule has 27 heavy (non-hydrogen) atoms. The van der Waals surface area contributed by atoms with Gasteiger partial charge in [0.15, 0.2) is 13.1 Å². The monoisotopic (exact) mass is 373 g/mol. The van der Waals surface area contributed by atoms with Crippen molar-refractivity contribution in [2.75, 3.05) is 30.8 Å². The Morgan fingerprint density at radius 1 is 0.926 bits per heavy atom. The Balaban J connectivity index is 1.75. The molecule has 7 nitrogen and oxygen atoms in total. The first-order valence-electron chi connectivity index (χ1n) is 8.36. The van der Waals surface area contributed by atoms with E-state index < -0.39 is 17.8 Å². The molecule has 0 saturated carbocycles. The molecule has 0 radical (unpaired) electrons. The third kappa shape index (κ3) is 6.87. The average molecular weight is 373 g/mol. The number of hydrogen-bond acceptors (Lipinski definition) is 3. The smallest absolute Gasteiger partial charge is 0.322 e. The summed E-state index contributed by atoms with van der Waals surface area (Å²) in [6, 6.07) is 12.1. The van der Waals surface area contributed by atoms with E-state index in [-0.39, 0.29) is 24.7 Å². The number of benzene rings is 2. The fourth-order valence-electron chi connectivity index (χ4n) is 2.34. The Labute approximate surface area is 156 Å². The molecular formula is C19H22FN4O3+. The molecule has 0 spiro atoms. The van der Waals surface area contributed by atoms with Gasteiger partial charge in [-0.3, -0.25) is 14.9 Å². The number of quaternary nitrogens is 1. The molecule has 0 saturated heterocycles. The average Bonchev–Trinajstić information content (AvgIpc) is 2.58. The highest BCUT2D eigenvalue weighted by Gasteiger charge is 2.17. The summed E-state index contributed by atoms with van der Waals surface area (Å²) in [6.07, 6.45) is 0. The highest BCUT2D eigenvalue weighted by Crippen LogP contribution is 2.11. The van der Waals surface area contributed by atoms with E-state index >= 15 is 0 Å². The number of halogens is 1. The number of likely N-dealkylation sites (N-methyl/N-ethyl adjacent to an activating group) is 1. The van der Waals surface area contributed by atoms with Crippen LogP contribution in [0, 0.1) is 12.7 Å². The number of rotatable bonds is 6. The SMILES string of the molecule is Cc1ccc(NC(=O)C[NH+](C)CC(=O)NC(=O)Nc2ccccc2F)cc1. The van der Waals surface area contributed by atoms with Gasteiger partial charge in [0, 0.05) is 5.69 Å². The highest BCUT2D eigenvalue weighted by molar-refractivity contribution is 6.01. The molecule has 0 aliphatic heterocycles. The molecule has 4 N–H and O–H groups in total. The minimum absolute atomic E-state index is 0.0269. The molecule has 0 aliphatic rings.